The quantitative estimate of drug-likeness (QED) is 0.758. The Morgan fingerprint density at radius 1 is 1.61 bits per heavy atom. The SMILES string of the molecule is CCOC(CN)CC(=O)N[C@@H](C)c1cccnc1. The molecule has 1 rings (SSSR count). The molecule has 18 heavy (non-hydrogen) atoms. The lowest BCUT2D eigenvalue weighted by atomic mass is 10.1. The minimum Gasteiger partial charge on any atom is -0.377 e. The molecule has 0 aliphatic carbocycles. The normalized spacial score (nSPS) is 13.9. The van der Waals surface area contributed by atoms with E-state index >= 15 is 0 Å². The fourth-order valence-electron chi connectivity index (χ4n) is 1.67. The Bertz CT molecular complexity index is 357. The summed E-state index contributed by atoms with van der Waals surface area (Å²) in [5.41, 5.74) is 6.51. The van der Waals surface area contributed by atoms with Gasteiger partial charge in [0.05, 0.1) is 18.6 Å². The molecule has 2 atom stereocenters. The standard InChI is InChI=1S/C13H21N3O2/c1-3-18-12(8-14)7-13(17)16-10(2)11-5-4-6-15-9-11/h4-6,9-10,12H,3,7-8,14H2,1-2H3,(H,16,17)/t10-,12?/m0/s1. The number of nitrogens with one attached hydrogen (secondary N) is 1. The zero-order valence-electron chi connectivity index (χ0n) is 10.9. The van der Waals surface area contributed by atoms with E-state index in [-0.39, 0.29) is 24.5 Å². The second-order valence-electron chi connectivity index (χ2n) is 4.09. The first-order valence-electron chi connectivity index (χ1n) is 6.18. The second-order valence-corrected chi connectivity index (χ2v) is 4.09. The summed E-state index contributed by atoms with van der Waals surface area (Å²) in [5, 5.41) is 2.90. The van der Waals surface area contributed by atoms with Crippen LogP contribution in [0.4, 0.5) is 0 Å². The van der Waals surface area contributed by atoms with Crippen LogP contribution in [0.1, 0.15) is 31.9 Å². The molecule has 1 unspecified atom stereocenters. The van der Waals surface area contributed by atoms with E-state index in [1.165, 1.54) is 0 Å². The van der Waals surface area contributed by atoms with Gasteiger partial charge in [-0.3, -0.25) is 9.78 Å². The van der Waals surface area contributed by atoms with Crippen LogP contribution in [0, 0.1) is 0 Å². The molecule has 5 heteroatoms. The molecule has 1 aromatic rings. The van der Waals surface area contributed by atoms with E-state index in [2.05, 4.69) is 10.3 Å². The Balaban J connectivity index is 2.44. The molecule has 0 fully saturated rings. The molecule has 5 nitrogen and oxygen atoms in total. The molecule has 1 aromatic heterocycles. The lowest BCUT2D eigenvalue weighted by Gasteiger charge is -2.17. The van der Waals surface area contributed by atoms with E-state index < -0.39 is 0 Å². The summed E-state index contributed by atoms with van der Waals surface area (Å²) in [6.07, 6.45) is 3.52. The summed E-state index contributed by atoms with van der Waals surface area (Å²) in [6.45, 7) is 4.72. The van der Waals surface area contributed by atoms with Gasteiger partial charge in [0, 0.05) is 25.5 Å². The van der Waals surface area contributed by atoms with Crippen LogP contribution in [0.25, 0.3) is 0 Å². The van der Waals surface area contributed by atoms with Crippen molar-refractivity contribution < 1.29 is 9.53 Å². The highest BCUT2D eigenvalue weighted by Gasteiger charge is 2.15. The first kappa shape index (κ1) is 14.6. The number of ether oxygens (including phenoxy) is 1. The third kappa shape index (κ3) is 4.81. The number of hydrogen-bond acceptors (Lipinski definition) is 4. The average Bonchev–Trinajstić information content (AvgIpc) is 2.39. The van der Waals surface area contributed by atoms with Gasteiger partial charge in [0.25, 0.3) is 0 Å². The van der Waals surface area contributed by atoms with Crippen LogP contribution in [0.15, 0.2) is 24.5 Å². The Morgan fingerprint density at radius 2 is 2.39 bits per heavy atom. The highest BCUT2D eigenvalue weighted by molar-refractivity contribution is 5.76. The molecule has 0 saturated heterocycles. The highest BCUT2D eigenvalue weighted by atomic mass is 16.5. The maximum absolute atomic E-state index is 11.8. The monoisotopic (exact) mass is 251 g/mol. The number of nitrogens with zero attached hydrogens (tertiary/aromatic N) is 1. The summed E-state index contributed by atoms with van der Waals surface area (Å²) in [6, 6.07) is 3.72. The van der Waals surface area contributed by atoms with E-state index in [4.69, 9.17) is 10.5 Å². The number of nitrogens with two attached hydrogens (primary N) is 1. The molecule has 0 aromatic carbocycles. The van der Waals surface area contributed by atoms with E-state index in [0.29, 0.717) is 13.2 Å². The molecule has 0 radical (unpaired) electrons. The zero-order chi connectivity index (χ0) is 13.4. The molecular formula is C13H21N3O2. The minimum atomic E-state index is -0.212. The van der Waals surface area contributed by atoms with Crippen molar-refractivity contribution in [1.82, 2.24) is 10.3 Å². The van der Waals surface area contributed by atoms with Gasteiger partial charge >= 0.3 is 0 Å². The molecular weight excluding hydrogens is 230 g/mol. The first-order valence-corrected chi connectivity index (χ1v) is 6.18. The molecule has 0 spiro atoms. The van der Waals surface area contributed by atoms with Crippen LogP contribution in [0.2, 0.25) is 0 Å². The molecule has 0 bridgehead atoms. The third-order valence-corrected chi connectivity index (χ3v) is 2.64. The van der Waals surface area contributed by atoms with Crippen molar-refractivity contribution in [2.45, 2.75) is 32.4 Å². The minimum absolute atomic E-state index is 0.0600. The van der Waals surface area contributed by atoms with Crippen molar-refractivity contribution >= 4 is 5.91 Å². The molecule has 1 heterocycles. The third-order valence-electron chi connectivity index (χ3n) is 2.64. The van der Waals surface area contributed by atoms with Crippen molar-refractivity contribution in [2.24, 2.45) is 5.73 Å². The summed E-state index contributed by atoms with van der Waals surface area (Å²) in [4.78, 5) is 15.8. The van der Waals surface area contributed by atoms with Gasteiger partial charge in [-0.2, -0.15) is 0 Å². The largest absolute Gasteiger partial charge is 0.377 e. The van der Waals surface area contributed by atoms with Gasteiger partial charge in [-0.15, -0.1) is 0 Å². The zero-order valence-corrected chi connectivity index (χ0v) is 10.9. The summed E-state index contributed by atoms with van der Waals surface area (Å²) in [5.74, 6) is -0.0600. The molecule has 0 saturated carbocycles. The second kappa shape index (κ2) is 7.79. The Hall–Kier alpha value is -1.46. The predicted molar refractivity (Wildman–Crippen MR) is 69.9 cm³/mol. The van der Waals surface area contributed by atoms with Gasteiger partial charge in [-0.25, -0.2) is 0 Å². The summed E-state index contributed by atoms with van der Waals surface area (Å²) in [7, 11) is 0. The molecule has 1 amide bonds. The number of carbonyl (C=O) groups excluding carboxylic acids is 1. The Morgan fingerprint density at radius 3 is 2.94 bits per heavy atom. The van der Waals surface area contributed by atoms with Crippen molar-refractivity contribution in [3.63, 3.8) is 0 Å². The van der Waals surface area contributed by atoms with Crippen molar-refractivity contribution in [3.05, 3.63) is 30.1 Å². The molecule has 0 aliphatic heterocycles. The number of hydrogen-bond donors (Lipinski definition) is 2. The van der Waals surface area contributed by atoms with E-state index in [9.17, 15) is 4.79 Å². The molecule has 0 aliphatic rings. The maximum Gasteiger partial charge on any atom is 0.223 e. The van der Waals surface area contributed by atoms with Crippen LogP contribution >= 0.6 is 0 Å². The number of amides is 1. The van der Waals surface area contributed by atoms with Crippen molar-refractivity contribution in [1.29, 1.82) is 0 Å². The van der Waals surface area contributed by atoms with Gasteiger partial charge in [0.15, 0.2) is 0 Å². The fraction of sp³-hybridized carbons (Fsp3) is 0.538. The van der Waals surface area contributed by atoms with Crippen LogP contribution in [0.5, 0.6) is 0 Å². The first-order chi connectivity index (χ1) is 8.67. The van der Waals surface area contributed by atoms with E-state index in [1.54, 1.807) is 12.4 Å². The topological polar surface area (TPSA) is 77.2 Å². The number of pyridine rings is 1. The van der Waals surface area contributed by atoms with Crippen LogP contribution in [-0.4, -0.2) is 30.1 Å². The van der Waals surface area contributed by atoms with Crippen LogP contribution in [-0.2, 0) is 9.53 Å². The Labute approximate surface area is 108 Å². The fourth-order valence-corrected chi connectivity index (χ4v) is 1.67. The predicted octanol–water partition coefficient (Wildman–Crippen LogP) is 1.01. The van der Waals surface area contributed by atoms with E-state index in [0.717, 1.165) is 5.56 Å². The van der Waals surface area contributed by atoms with Gasteiger partial charge in [0.2, 0.25) is 5.91 Å². The lowest BCUT2D eigenvalue weighted by Crippen LogP contribution is -2.34. The highest BCUT2D eigenvalue weighted by Crippen LogP contribution is 2.10. The van der Waals surface area contributed by atoms with Gasteiger partial charge in [-0.05, 0) is 25.5 Å². The maximum atomic E-state index is 11.8. The smallest absolute Gasteiger partial charge is 0.223 e. The van der Waals surface area contributed by atoms with Gasteiger partial charge < -0.3 is 15.8 Å². The lowest BCUT2D eigenvalue weighted by molar-refractivity contribution is -0.124. The number of aromatic nitrogens is 1. The summed E-state index contributed by atoms with van der Waals surface area (Å²) < 4.78 is 5.35. The summed E-state index contributed by atoms with van der Waals surface area (Å²) >= 11 is 0. The van der Waals surface area contributed by atoms with Crippen LogP contribution in [0.3, 0.4) is 0 Å². The van der Waals surface area contributed by atoms with Crippen molar-refractivity contribution in [3.8, 4) is 0 Å². The number of carbonyl (C=O) groups is 1. The Kier molecular flexibility index (Phi) is 6.32. The average molecular weight is 251 g/mol. The van der Waals surface area contributed by atoms with E-state index in [1.807, 2.05) is 26.0 Å². The van der Waals surface area contributed by atoms with Crippen LogP contribution < -0.4 is 11.1 Å². The van der Waals surface area contributed by atoms with Gasteiger partial charge in [0.1, 0.15) is 0 Å². The van der Waals surface area contributed by atoms with Gasteiger partial charge in [-0.1, -0.05) is 6.07 Å². The molecule has 3 N–H and O–H groups in total. The number of rotatable bonds is 7. The van der Waals surface area contributed by atoms with Crippen molar-refractivity contribution in [2.75, 3.05) is 13.2 Å². The molecule has 100 valence electrons.